The van der Waals surface area contributed by atoms with Crippen LogP contribution in [0.1, 0.15) is 115 Å². The standard InChI is InChI=1S/C25H43NO2/c1-25(2,3)20-16-12-10-8-6-4-5-7-9-11-13-17-21-26-23-19-15-14-18-22(23)24(27)28/h14-15,18-19,26H,4-13,16-17,20-21H2,1-3H3,(H,27,28). The van der Waals surface area contributed by atoms with Crippen LogP contribution in [0, 0.1) is 5.41 Å². The summed E-state index contributed by atoms with van der Waals surface area (Å²) in [6.45, 7) is 7.85. The zero-order chi connectivity index (χ0) is 20.7. The number of nitrogens with one attached hydrogen (secondary N) is 1. The van der Waals surface area contributed by atoms with Crippen molar-refractivity contribution < 1.29 is 9.90 Å². The zero-order valence-corrected chi connectivity index (χ0v) is 18.6. The van der Waals surface area contributed by atoms with Crippen LogP contribution >= 0.6 is 0 Å². The Morgan fingerprint density at radius 3 is 1.75 bits per heavy atom. The summed E-state index contributed by atoms with van der Waals surface area (Å²) >= 11 is 0. The van der Waals surface area contributed by atoms with Crippen molar-refractivity contribution in [1.29, 1.82) is 0 Å². The maximum absolute atomic E-state index is 11.2. The number of unbranched alkanes of at least 4 members (excludes halogenated alkanes) is 11. The summed E-state index contributed by atoms with van der Waals surface area (Å²) in [5, 5.41) is 12.4. The molecular weight excluding hydrogens is 346 g/mol. The third kappa shape index (κ3) is 12.8. The molecule has 0 spiro atoms. The molecule has 0 atom stereocenters. The minimum atomic E-state index is -0.868. The third-order valence-corrected chi connectivity index (χ3v) is 5.33. The largest absolute Gasteiger partial charge is 0.478 e. The lowest BCUT2D eigenvalue weighted by molar-refractivity contribution is 0.0698. The number of hydrogen-bond acceptors (Lipinski definition) is 2. The normalized spacial score (nSPS) is 11.5. The number of anilines is 1. The van der Waals surface area contributed by atoms with Crippen LogP contribution in [0.15, 0.2) is 24.3 Å². The molecule has 0 amide bonds. The minimum Gasteiger partial charge on any atom is -0.478 e. The highest BCUT2D eigenvalue weighted by Gasteiger charge is 2.09. The van der Waals surface area contributed by atoms with Gasteiger partial charge in [0, 0.05) is 12.2 Å². The fraction of sp³-hybridized carbons (Fsp3) is 0.720. The van der Waals surface area contributed by atoms with Crippen molar-refractivity contribution in [2.45, 2.75) is 104 Å². The van der Waals surface area contributed by atoms with Crippen LogP contribution in [-0.4, -0.2) is 17.6 Å². The molecule has 3 heteroatoms. The van der Waals surface area contributed by atoms with Crippen molar-refractivity contribution in [3.05, 3.63) is 29.8 Å². The van der Waals surface area contributed by atoms with Gasteiger partial charge < -0.3 is 10.4 Å². The first-order chi connectivity index (χ1) is 13.4. The Morgan fingerprint density at radius 1 is 0.786 bits per heavy atom. The number of benzene rings is 1. The molecule has 0 saturated heterocycles. The van der Waals surface area contributed by atoms with E-state index in [9.17, 15) is 4.79 Å². The first kappa shape index (κ1) is 24.5. The number of carbonyl (C=O) groups is 1. The first-order valence-corrected chi connectivity index (χ1v) is 11.5. The Hall–Kier alpha value is -1.51. The van der Waals surface area contributed by atoms with E-state index in [-0.39, 0.29) is 0 Å². The molecule has 3 nitrogen and oxygen atoms in total. The second-order valence-corrected chi connectivity index (χ2v) is 9.33. The van der Waals surface area contributed by atoms with Gasteiger partial charge in [-0.1, -0.05) is 104 Å². The van der Waals surface area contributed by atoms with Crippen molar-refractivity contribution in [1.82, 2.24) is 0 Å². The number of carboxylic acid groups (broad SMARTS) is 1. The van der Waals surface area contributed by atoms with E-state index in [1.807, 2.05) is 12.1 Å². The molecule has 2 N–H and O–H groups in total. The van der Waals surface area contributed by atoms with Gasteiger partial charge in [0.2, 0.25) is 0 Å². The van der Waals surface area contributed by atoms with Crippen LogP contribution in [0.4, 0.5) is 5.69 Å². The van der Waals surface area contributed by atoms with E-state index >= 15 is 0 Å². The maximum atomic E-state index is 11.2. The summed E-state index contributed by atoms with van der Waals surface area (Å²) in [5.74, 6) is -0.868. The Balaban J connectivity index is 1.87. The third-order valence-electron chi connectivity index (χ3n) is 5.33. The highest BCUT2D eigenvalue weighted by Crippen LogP contribution is 2.22. The van der Waals surface area contributed by atoms with Crippen LogP contribution in [-0.2, 0) is 0 Å². The smallest absolute Gasteiger partial charge is 0.337 e. The Bertz CT molecular complexity index is 534. The van der Waals surface area contributed by atoms with E-state index in [4.69, 9.17) is 5.11 Å². The predicted octanol–water partition coefficient (Wildman–Crippen LogP) is 7.91. The van der Waals surface area contributed by atoms with Crippen molar-refractivity contribution in [2.75, 3.05) is 11.9 Å². The second kappa shape index (κ2) is 14.5. The predicted molar refractivity (Wildman–Crippen MR) is 121 cm³/mol. The molecule has 0 saturated carbocycles. The van der Waals surface area contributed by atoms with Gasteiger partial charge >= 0.3 is 5.97 Å². The van der Waals surface area contributed by atoms with Gasteiger partial charge in [0.05, 0.1) is 5.56 Å². The topological polar surface area (TPSA) is 49.3 Å². The summed E-state index contributed by atoms with van der Waals surface area (Å²) < 4.78 is 0. The molecule has 0 bridgehead atoms. The van der Waals surface area contributed by atoms with E-state index in [1.54, 1.807) is 12.1 Å². The zero-order valence-electron chi connectivity index (χ0n) is 18.6. The fourth-order valence-electron chi connectivity index (χ4n) is 3.59. The minimum absolute atomic E-state index is 0.358. The molecule has 0 aliphatic carbocycles. The molecule has 0 aliphatic heterocycles. The van der Waals surface area contributed by atoms with Gasteiger partial charge in [0.15, 0.2) is 0 Å². The van der Waals surface area contributed by atoms with Crippen molar-refractivity contribution in [2.24, 2.45) is 5.41 Å². The molecule has 0 aliphatic rings. The Labute approximate surface area is 173 Å². The summed E-state index contributed by atoms with van der Waals surface area (Å²) in [6, 6.07) is 7.13. The number of rotatable bonds is 16. The average molecular weight is 390 g/mol. The average Bonchev–Trinajstić information content (AvgIpc) is 2.64. The van der Waals surface area contributed by atoms with Crippen molar-refractivity contribution >= 4 is 11.7 Å². The molecule has 0 fully saturated rings. The molecule has 1 rings (SSSR count). The van der Waals surface area contributed by atoms with E-state index in [0.29, 0.717) is 11.0 Å². The molecule has 1 aromatic rings. The number of aromatic carboxylic acids is 1. The van der Waals surface area contributed by atoms with Gasteiger partial charge in [0.25, 0.3) is 0 Å². The van der Waals surface area contributed by atoms with E-state index in [1.165, 1.54) is 77.0 Å². The fourth-order valence-corrected chi connectivity index (χ4v) is 3.59. The molecule has 0 unspecified atom stereocenters. The van der Waals surface area contributed by atoms with Gasteiger partial charge in [-0.05, 0) is 30.4 Å². The van der Waals surface area contributed by atoms with Crippen molar-refractivity contribution in [3.63, 3.8) is 0 Å². The van der Waals surface area contributed by atoms with Crippen LogP contribution in [0.2, 0.25) is 0 Å². The lowest BCUT2D eigenvalue weighted by Gasteiger charge is -2.17. The lowest BCUT2D eigenvalue weighted by Crippen LogP contribution is -2.07. The Kier molecular flexibility index (Phi) is 12.7. The van der Waals surface area contributed by atoms with Gasteiger partial charge in [-0.2, -0.15) is 0 Å². The molecule has 160 valence electrons. The quantitative estimate of drug-likeness (QED) is 0.282. The first-order valence-electron chi connectivity index (χ1n) is 11.5. The SMILES string of the molecule is CC(C)(C)CCCCCCCCCCCCCCNc1ccccc1C(=O)O. The summed E-state index contributed by atoms with van der Waals surface area (Å²) in [7, 11) is 0. The van der Waals surface area contributed by atoms with Gasteiger partial charge in [-0.25, -0.2) is 4.79 Å². The molecule has 0 heterocycles. The molecule has 28 heavy (non-hydrogen) atoms. The number of para-hydroxylation sites is 1. The molecule has 1 aromatic carbocycles. The van der Waals surface area contributed by atoms with Gasteiger partial charge in [0.1, 0.15) is 0 Å². The second-order valence-electron chi connectivity index (χ2n) is 9.33. The van der Waals surface area contributed by atoms with Crippen molar-refractivity contribution in [3.8, 4) is 0 Å². The summed E-state index contributed by atoms with van der Waals surface area (Å²) in [6.07, 6.45) is 17.4. The van der Waals surface area contributed by atoms with Crippen LogP contribution in [0.5, 0.6) is 0 Å². The van der Waals surface area contributed by atoms with Crippen LogP contribution in [0.25, 0.3) is 0 Å². The highest BCUT2D eigenvalue weighted by atomic mass is 16.4. The molecular formula is C25H43NO2. The summed E-state index contributed by atoms with van der Waals surface area (Å²) in [5.41, 5.74) is 1.59. The maximum Gasteiger partial charge on any atom is 0.337 e. The molecule has 0 radical (unpaired) electrons. The van der Waals surface area contributed by atoms with Crippen LogP contribution in [0.3, 0.4) is 0 Å². The summed E-state index contributed by atoms with van der Waals surface area (Å²) in [4.78, 5) is 11.2. The number of carboxylic acids is 1. The highest BCUT2D eigenvalue weighted by molar-refractivity contribution is 5.94. The van der Waals surface area contributed by atoms with E-state index in [0.717, 1.165) is 18.7 Å². The lowest BCUT2D eigenvalue weighted by atomic mass is 9.89. The van der Waals surface area contributed by atoms with E-state index in [2.05, 4.69) is 26.1 Å². The van der Waals surface area contributed by atoms with Crippen LogP contribution < -0.4 is 5.32 Å². The number of hydrogen-bond donors (Lipinski definition) is 2. The van der Waals surface area contributed by atoms with Gasteiger partial charge in [-0.3, -0.25) is 0 Å². The Morgan fingerprint density at radius 2 is 1.25 bits per heavy atom. The monoisotopic (exact) mass is 389 g/mol. The van der Waals surface area contributed by atoms with Gasteiger partial charge in [-0.15, -0.1) is 0 Å². The van der Waals surface area contributed by atoms with E-state index < -0.39 is 5.97 Å². The molecule has 0 aromatic heterocycles.